The van der Waals surface area contributed by atoms with E-state index in [2.05, 4.69) is 38.1 Å². The molecule has 1 aliphatic rings. The lowest BCUT2D eigenvalue weighted by Gasteiger charge is -2.33. The van der Waals surface area contributed by atoms with Gasteiger partial charge in [-0.15, -0.1) is 0 Å². The molecule has 19 heavy (non-hydrogen) atoms. The Labute approximate surface area is 117 Å². The molecule has 3 atom stereocenters. The molecule has 0 spiro atoms. The Morgan fingerprint density at radius 1 is 1.21 bits per heavy atom. The molecule has 2 rings (SSSR count). The number of benzene rings is 1. The van der Waals surface area contributed by atoms with Crippen LogP contribution in [0.1, 0.15) is 56.3 Å². The van der Waals surface area contributed by atoms with Crippen molar-refractivity contribution >= 4 is 0 Å². The fourth-order valence-corrected chi connectivity index (χ4v) is 3.08. The molecule has 106 valence electrons. The van der Waals surface area contributed by atoms with Crippen LogP contribution in [0.4, 0.5) is 0 Å². The van der Waals surface area contributed by atoms with Gasteiger partial charge in [0.1, 0.15) is 0 Å². The van der Waals surface area contributed by atoms with E-state index in [-0.39, 0.29) is 6.10 Å². The van der Waals surface area contributed by atoms with Gasteiger partial charge in [-0.25, -0.2) is 0 Å². The van der Waals surface area contributed by atoms with Crippen LogP contribution < -0.4 is 5.73 Å². The predicted molar refractivity (Wildman–Crippen MR) is 80.1 cm³/mol. The number of aryl methyl sites for hydroxylation is 1. The van der Waals surface area contributed by atoms with Gasteiger partial charge < -0.3 is 10.5 Å². The first kappa shape index (κ1) is 14.5. The number of rotatable bonds is 5. The first-order chi connectivity index (χ1) is 9.24. The van der Waals surface area contributed by atoms with Crippen LogP contribution in [0.5, 0.6) is 0 Å². The Hall–Kier alpha value is -0.860. The minimum atomic E-state index is 0.0535. The second kappa shape index (κ2) is 7.06. The quantitative estimate of drug-likeness (QED) is 0.870. The fourth-order valence-electron chi connectivity index (χ4n) is 3.08. The lowest BCUT2D eigenvalue weighted by Crippen LogP contribution is -2.31. The average molecular weight is 261 g/mol. The summed E-state index contributed by atoms with van der Waals surface area (Å²) in [5, 5.41) is 0. The zero-order chi connectivity index (χ0) is 13.7. The third-order valence-corrected chi connectivity index (χ3v) is 4.37. The Balaban J connectivity index is 2.03. The van der Waals surface area contributed by atoms with Crippen molar-refractivity contribution < 1.29 is 4.74 Å². The van der Waals surface area contributed by atoms with Crippen molar-refractivity contribution in [2.24, 2.45) is 11.7 Å². The monoisotopic (exact) mass is 261 g/mol. The van der Waals surface area contributed by atoms with Gasteiger partial charge in [-0.2, -0.15) is 0 Å². The summed E-state index contributed by atoms with van der Waals surface area (Å²) in [4.78, 5) is 0. The van der Waals surface area contributed by atoms with Crippen LogP contribution in [0.25, 0.3) is 0 Å². The topological polar surface area (TPSA) is 35.2 Å². The number of hydrogen-bond acceptors (Lipinski definition) is 2. The van der Waals surface area contributed by atoms with E-state index >= 15 is 0 Å². The lowest BCUT2D eigenvalue weighted by molar-refractivity contribution is -0.0586. The Morgan fingerprint density at radius 2 is 1.89 bits per heavy atom. The van der Waals surface area contributed by atoms with Gasteiger partial charge in [0.2, 0.25) is 0 Å². The van der Waals surface area contributed by atoms with Crippen LogP contribution in [0.2, 0.25) is 0 Å². The molecule has 1 aromatic carbocycles. The highest BCUT2D eigenvalue weighted by Gasteiger charge is 2.27. The summed E-state index contributed by atoms with van der Waals surface area (Å²) in [5.74, 6) is 0.716. The highest BCUT2D eigenvalue weighted by Crippen LogP contribution is 2.32. The maximum absolute atomic E-state index is 6.35. The van der Waals surface area contributed by atoms with Crippen molar-refractivity contribution in [2.45, 2.75) is 58.2 Å². The van der Waals surface area contributed by atoms with E-state index in [0.717, 1.165) is 0 Å². The van der Waals surface area contributed by atoms with Crippen LogP contribution in [0.3, 0.4) is 0 Å². The lowest BCUT2D eigenvalue weighted by atomic mass is 9.84. The molecule has 2 heteroatoms. The molecule has 1 aliphatic carbocycles. The second-order valence-corrected chi connectivity index (χ2v) is 5.76. The zero-order valence-corrected chi connectivity index (χ0v) is 12.3. The molecule has 0 aliphatic heterocycles. The Morgan fingerprint density at radius 3 is 2.53 bits per heavy atom. The van der Waals surface area contributed by atoms with E-state index in [9.17, 15) is 0 Å². The van der Waals surface area contributed by atoms with E-state index < -0.39 is 0 Å². The molecule has 2 nitrogen and oxygen atoms in total. The first-order valence-corrected chi connectivity index (χ1v) is 7.66. The number of ether oxygens (including phenoxy) is 1. The second-order valence-electron chi connectivity index (χ2n) is 5.76. The first-order valence-electron chi connectivity index (χ1n) is 7.66. The van der Waals surface area contributed by atoms with Crippen molar-refractivity contribution in [3.63, 3.8) is 0 Å². The zero-order valence-electron chi connectivity index (χ0n) is 12.3. The van der Waals surface area contributed by atoms with E-state index in [1.54, 1.807) is 0 Å². The van der Waals surface area contributed by atoms with Gasteiger partial charge in [-0.3, -0.25) is 0 Å². The van der Waals surface area contributed by atoms with E-state index in [1.165, 1.54) is 43.2 Å². The summed E-state index contributed by atoms with van der Waals surface area (Å²) >= 11 is 0. The summed E-state index contributed by atoms with van der Waals surface area (Å²) in [6.45, 7) is 4.95. The summed E-state index contributed by atoms with van der Waals surface area (Å²) in [6, 6.07) is 8.58. The van der Waals surface area contributed by atoms with Gasteiger partial charge in [0.05, 0.1) is 12.2 Å². The third-order valence-electron chi connectivity index (χ3n) is 4.37. The molecule has 1 saturated carbocycles. The average Bonchev–Trinajstić information content (AvgIpc) is 2.46. The molecule has 0 radical (unpaired) electrons. The normalized spacial score (nSPS) is 25.2. The van der Waals surface area contributed by atoms with Crippen LogP contribution in [0.15, 0.2) is 24.3 Å². The van der Waals surface area contributed by atoms with Gasteiger partial charge in [-0.1, -0.05) is 56.0 Å². The van der Waals surface area contributed by atoms with Gasteiger partial charge in [0.25, 0.3) is 0 Å². The van der Waals surface area contributed by atoms with Crippen molar-refractivity contribution in [3.05, 3.63) is 35.4 Å². The standard InChI is InChI=1S/C17H27NO/c1-3-14-6-4-5-7-16(14)19-17(12-18)15-10-8-13(2)9-11-15/h8-11,14,16-17H,3-7,12,18H2,1-2H3. The fraction of sp³-hybridized carbons (Fsp3) is 0.647. The molecular formula is C17H27NO. The minimum absolute atomic E-state index is 0.0535. The largest absolute Gasteiger partial charge is 0.369 e. The SMILES string of the molecule is CCC1CCCCC1OC(CN)c1ccc(C)cc1. The third kappa shape index (κ3) is 3.80. The smallest absolute Gasteiger partial charge is 0.0950 e. The molecule has 1 aromatic rings. The van der Waals surface area contributed by atoms with Crippen molar-refractivity contribution in [1.82, 2.24) is 0 Å². The van der Waals surface area contributed by atoms with Crippen LogP contribution in [-0.2, 0) is 4.74 Å². The van der Waals surface area contributed by atoms with Gasteiger partial charge >= 0.3 is 0 Å². The van der Waals surface area contributed by atoms with E-state index in [4.69, 9.17) is 10.5 Å². The summed E-state index contributed by atoms with van der Waals surface area (Å²) in [7, 11) is 0. The maximum Gasteiger partial charge on any atom is 0.0950 e. The molecule has 3 unspecified atom stereocenters. The molecule has 0 aromatic heterocycles. The maximum atomic E-state index is 6.35. The highest BCUT2D eigenvalue weighted by atomic mass is 16.5. The van der Waals surface area contributed by atoms with Crippen molar-refractivity contribution in [2.75, 3.05) is 6.54 Å². The van der Waals surface area contributed by atoms with Crippen molar-refractivity contribution in [1.29, 1.82) is 0 Å². The highest BCUT2D eigenvalue weighted by molar-refractivity contribution is 5.23. The molecular weight excluding hydrogens is 234 g/mol. The molecule has 0 heterocycles. The summed E-state index contributed by atoms with van der Waals surface area (Å²) < 4.78 is 6.35. The van der Waals surface area contributed by atoms with E-state index in [0.29, 0.717) is 18.6 Å². The minimum Gasteiger partial charge on any atom is -0.369 e. The molecule has 0 amide bonds. The summed E-state index contributed by atoms with van der Waals surface area (Å²) in [6.07, 6.45) is 6.83. The number of hydrogen-bond donors (Lipinski definition) is 1. The van der Waals surface area contributed by atoms with Gasteiger partial charge in [-0.05, 0) is 31.2 Å². The Bertz CT molecular complexity index is 373. The van der Waals surface area contributed by atoms with Crippen LogP contribution in [0, 0.1) is 12.8 Å². The molecule has 1 fully saturated rings. The predicted octanol–water partition coefficient (Wildman–Crippen LogP) is 3.98. The van der Waals surface area contributed by atoms with Gasteiger partial charge in [0.15, 0.2) is 0 Å². The van der Waals surface area contributed by atoms with Crippen molar-refractivity contribution in [3.8, 4) is 0 Å². The Kier molecular flexibility index (Phi) is 5.41. The van der Waals surface area contributed by atoms with Crippen LogP contribution >= 0.6 is 0 Å². The number of nitrogens with two attached hydrogens (primary N) is 1. The summed E-state index contributed by atoms with van der Waals surface area (Å²) in [5.41, 5.74) is 8.42. The molecule has 0 saturated heterocycles. The van der Waals surface area contributed by atoms with E-state index in [1.807, 2.05) is 0 Å². The molecule has 0 bridgehead atoms. The van der Waals surface area contributed by atoms with Crippen LogP contribution in [-0.4, -0.2) is 12.6 Å². The molecule has 2 N–H and O–H groups in total. The van der Waals surface area contributed by atoms with Gasteiger partial charge in [0, 0.05) is 6.54 Å².